The first-order valence-corrected chi connectivity index (χ1v) is 7.62. The summed E-state index contributed by atoms with van der Waals surface area (Å²) in [5, 5.41) is 12.7. The van der Waals surface area contributed by atoms with E-state index in [1.807, 2.05) is 30.3 Å². The number of rotatable bonds is 8. The monoisotopic (exact) mass is 326 g/mol. The molecule has 0 fully saturated rings. The number of hydrogen-bond donors (Lipinski definition) is 3. The van der Waals surface area contributed by atoms with Crippen LogP contribution in [0.15, 0.2) is 54.9 Å². The van der Waals surface area contributed by atoms with Crippen LogP contribution in [0.4, 0.5) is 5.69 Å². The van der Waals surface area contributed by atoms with Crippen molar-refractivity contribution in [1.82, 2.24) is 4.98 Å². The third-order valence-electron chi connectivity index (χ3n) is 3.55. The van der Waals surface area contributed by atoms with Crippen molar-refractivity contribution in [3.8, 4) is 0 Å². The molecule has 0 aliphatic carbocycles. The van der Waals surface area contributed by atoms with Crippen LogP contribution in [0.25, 0.3) is 0 Å². The highest BCUT2D eigenvalue weighted by Gasteiger charge is 2.27. The Bertz CT molecular complexity index is 662. The number of primary amides is 1. The van der Waals surface area contributed by atoms with Gasteiger partial charge in [0.1, 0.15) is 5.92 Å². The van der Waals surface area contributed by atoms with Crippen LogP contribution in [0.5, 0.6) is 0 Å². The number of carbonyl (C=O) groups excluding carboxylic acids is 2. The summed E-state index contributed by atoms with van der Waals surface area (Å²) in [5.41, 5.74) is 6.86. The van der Waals surface area contributed by atoms with E-state index in [2.05, 4.69) is 10.3 Å². The molecular formula is C18H20N3O3. The third kappa shape index (κ3) is 5.48. The van der Waals surface area contributed by atoms with Crippen molar-refractivity contribution in [3.05, 3.63) is 66.8 Å². The van der Waals surface area contributed by atoms with Crippen LogP contribution >= 0.6 is 0 Å². The Morgan fingerprint density at radius 3 is 2.46 bits per heavy atom. The van der Waals surface area contributed by atoms with Crippen molar-refractivity contribution < 1.29 is 14.7 Å². The fourth-order valence-electron chi connectivity index (χ4n) is 2.24. The van der Waals surface area contributed by atoms with Crippen molar-refractivity contribution >= 4 is 17.5 Å². The lowest BCUT2D eigenvalue weighted by Gasteiger charge is -2.17. The van der Waals surface area contributed by atoms with Crippen LogP contribution in [0.3, 0.4) is 0 Å². The minimum absolute atomic E-state index is 0.0565. The molecular weight excluding hydrogens is 306 g/mol. The molecule has 1 aromatic heterocycles. The normalized spacial score (nSPS) is 13.0. The van der Waals surface area contributed by atoms with E-state index in [0.29, 0.717) is 12.1 Å². The van der Waals surface area contributed by atoms with Gasteiger partial charge in [-0.2, -0.15) is 0 Å². The van der Waals surface area contributed by atoms with E-state index in [9.17, 15) is 14.7 Å². The van der Waals surface area contributed by atoms with Gasteiger partial charge in [0.2, 0.25) is 11.8 Å². The average Bonchev–Trinajstić information content (AvgIpc) is 2.59. The second kappa shape index (κ2) is 8.79. The minimum atomic E-state index is -1.11. The smallest absolute Gasteiger partial charge is 0.237 e. The van der Waals surface area contributed by atoms with E-state index < -0.39 is 23.8 Å². The first-order chi connectivity index (χ1) is 11.6. The Balaban J connectivity index is 1.90. The standard InChI is InChI=1S/C18H20N3O3/c19-17(23)16(18(24)21-14-8-10-20-11-9-14)12-15(22)7-6-13-4-2-1-3-5-13/h1-5,7-11,15-16,22H,6,12H2,(H2,19,23)(H,20,21,24)/t15-,16+/m0/s1. The van der Waals surface area contributed by atoms with Crippen LogP contribution in [0, 0.1) is 12.3 Å². The second-order valence-corrected chi connectivity index (χ2v) is 5.41. The number of aliphatic hydroxyl groups excluding tert-OH is 1. The van der Waals surface area contributed by atoms with Gasteiger partial charge >= 0.3 is 0 Å². The van der Waals surface area contributed by atoms with Crippen molar-refractivity contribution in [2.24, 2.45) is 11.7 Å². The van der Waals surface area contributed by atoms with Gasteiger partial charge < -0.3 is 16.2 Å². The Morgan fingerprint density at radius 2 is 1.83 bits per heavy atom. The van der Waals surface area contributed by atoms with Gasteiger partial charge in [-0.15, -0.1) is 0 Å². The molecule has 1 aromatic carbocycles. The number of amides is 2. The molecule has 0 aliphatic rings. The molecule has 1 heterocycles. The van der Waals surface area contributed by atoms with Crippen LogP contribution in [-0.4, -0.2) is 28.0 Å². The van der Waals surface area contributed by atoms with Crippen molar-refractivity contribution in [2.45, 2.75) is 18.9 Å². The van der Waals surface area contributed by atoms with Crippen LogP contribution in [0.2, 0.25) is 0 Å². The number of aromatic nitrogens is 1. The first kappa shape index (κ1) is 17.6. The number of nitrogens with two attached hydrogens (primary N) is 1. The van der Waals surface area contributed by atoms with Gasteiger partial charge in [-0.05, 0) is 37.0 Å². The van der Waals surface area contributed by atoms with Crippen LogP contribution < -0.4 is 11.1 Å². The zero-order valence-electron chi connectivity index (χ0n) is 13.1. The molecule has 0 aliphatic heterocycles. The molecule has 2 rings (SSSR count). The summed E-state index contributed by atoms with van der Waals surface area (Å²) in [4.78, 5) is 27.6. The highest BCUT2D eigenvalue weighted by Crippen LogP contribution is 2.14. The Labute approximate surface area is 140 Å². The summed E-state index contributed by atoms with van der Waals surface area (Å²) in [6, 6.07) is 12.8. The molecule has 0 saturated carbocycles. The number of aliphatic hydroxyl groups is 1. The van der Waals surface area contributed by atoms with Crippen molar-refractivity contribution in [2.75, 3.05) is 5.32 Å². The first-order valence-electron chi connectivity index (χ1n) is 7.62. The SMILES string of the molecule is NC(=O)[C@@H](C[C@@H](O)[CH]Cc1ccccc1)C(=O)Nc1ccncc1. The topological polar surface area (TPSA) is 105 Å². The summed E-state index contributed by atoms with van der Waals surface area (Å²) >= 11 is 0. The molecule has 4 N–H and O–H groups in total. The fourth-order valence-corrected chi connectivity index (χ4v) is 2.24. The number of hydrogen-bond acceptors (Lipinski definition) is 4. The maximum absolute atomic E-state index is 12.2. The second-order valence-electron chi connectivity index (χ2n) is 5.41. The number of benzene rings is 1. The summed E-state index contributed by atoms with van der Waals surface area (Å²) in [7, 11) is 0. The molecule has 6 nitrogen and oxygen atoms in total. The number of anilines is 1. The number of carbonyl (C=O) groups is 2. The lowest BCUT2D eigenvalue weighted by atomic mass is 9.96. The maximum atomic E-state index is 12.2. The van der Waals surface area contributed by atoms with E-state index in [1.165, 1.54) is 12.4 Å². The highest BCUT2D eigenvalue weighted by molar-refractivity contribution is 6.05. The molecule has 125 valence electrons. The molecule has 0 unspecified atom stereocenters. The predicted molar refractivity (Wildman–Crippen MR) is 90.6 cm³/mol. The van der Waals surface area contributed by atoms with E-state index >= 15 is 0 Å². The zero-order valence-corrected chi connectivity index (χ0v) is 13.1. The average molecular weight is 326 g/mol. The molecule has 0 bridgehead atoms. The Kier molecular flexibility index (Phi) is 6.45. The van der Waals surface area contributed by atoms with Gasteiger partial charge in [-0.1, -0.05) is 30.3 Å². The minimum Gasteiger partial charge on any atom is -0.393 e. The Hall–Kier alpha value is -2.73. The molecule has 2 atom stereocenters. The van der Waals surface area contributed by atoms with E-state index in [0.717, 1.165) is 5.56 Å². The molecule has 2 aromatic rings. The highest BCUT2D eigenvalue weighted by atomic mass is 16.3. The van der Waals surface area contributed by atoms with Crippen molar-refractivity contribution in [1.29, 1.82) is 0 Å². The van der Waals surface area contributed by atoms with Gasteiger partial charge in [0.05, 0.1) is 6.10 Å². The number of pyridine rings is 1. The van der Waals surface area contributed by atoms with E-state index in [-0.39, 0.29) is 6.42 Å². The molecule has 6 heteroatoms. The molecule has 1 radical (unpaired) electrons. The number of nitrogens with one attached hydrogen (secondary N) is 1. The Morgan fingerprint density at radius 1 is 1.17 bits per heavy atom. The van der Waals surface area contributed by atoms with Gasteiger partial charge in [-0.25, -0.2) is 0 Å². The van der Waals surface area contributed by atoms with Gasteiger partial charge in [0.15, 0.2) is 0 Å². The molecule has 2 amide bonds. The molecule has 0 spiro atoms. The lowest BCUT2D eigenvalue weighted by molar-refractivity contribution is -0.131. The largest absolute Gasteiger partial charge is 0.393 e. The fraction of sp³-hybridized carbons (Fsp3) is 0.222. The maximum Gasteiger partial charge on any atom is 0.237 e. The van der Waals surface area contributed by atoms with E-state index in [4.69, 9.17) is 5.73 Å². The summed E-state index contributed by atoms with van der Waals surface area (Å²) in [6.45, 7) is 0. The summed E-state index contributed by atoms with van der Waals surface area (Å²) in [6.07, 6.45) is 4.28. The van der Waals surface area contributed by atoms with Crippen molar-refractivity contribution in [3.63, 3.8) is 0 Å². The van der Waals surface area contributed by atoms with Gasteiger partial charge in [0.25, 0.3) is 0 Å². The van der Waals surface area contributed by atoms with Crippen LogP contribution in [-0.2, 0) is 16.0 Å². The predicted octanol–water partition coefficient (Wildman–Crippen LogP) is 1.32. The molecule has 24 heavy (non-hydrogen) atoms. The van der Waals surface area contributed by atoms with Gasteiger partial charge in [-0.3, -0.25) is 14.6 Å². The quantitative estimate of drug-likeness (QED) is 0.636. The third-order valence-corrected chi connectivity index (χ3v) is 3.55. The lowest BCUT2D eigenvalue weighted by Crippen LogP contribution is -2.37. The molecule has 0 saturated heterocycles. The zero-order chi connectivity index (χ0) is 17.4. The summed E-state index contributed by atoms with van der Waals surface area (Å²) < 4.78 is 0. The number of nitrogens with zero attached hydrogens (tertiary/aromatic N) is 1. The summed E-state index contributed by atoms with van der Waals surface area (Å²) in [5.74, 6) is -2.42. The van der Waals surface area contributed by atoms with Crippen LogP contribution in [0.1, 0.15) is 12.0 Å². The van der Waals surface area contributed by atoms with Gasteiger partial charge in [0, 0.05) is 18.1 Å². The van der Waals surface area contributed by atoms with E-state index in [1.54, 1.807) is 18.6 Å².